The van der Waals surface area contributed by atoms with Crippen molar-refractivity contribution in [1.82, 2.24) is 0 Å². The Balaban J connectivity index is 1.68. The molecule has 0 bridgehead atoms. The van der Waals surface area contributed by atoms with Gasteiger partial charge in [-0.05, 0) is 30.7 Å². The number of fused-ring (bicyclic) bond motifs is 1. The monoisotopic (exact) mass is 304 g/mol. The summed E-state index contributed by atoms with van der Waals surface area (Å²) in [7, 11) is 0. The largest absolute Gasteiger partial charge is 0.493 e. The number of halogens is 1. The molecule has 0 aromatic heterocycles. The lowest BCUT2D eigenvalue weighted by Crippen LogP contribution is -2.10. The van der Waals surface area contributed by atoms with Crippen LogP contribution < -0.4 is 4.74 Å². The predicted molar refractivity (Wildman–Crippen MR) is 82.4 cm³/mol. The van der Waals surface area contributed by atoms with Crippen LogP contribution in [-0.2, 0) is 0 Å². The molecule has 0 radical (unpaired) electrons. The Bertz CT molecular complexity index is 642. The lowest BCUT2D eigenvalue weighted by molar-refractivity contribution is 0.194. The van der Waals surface area contributed by atoms with Crippen molar-refractivity contribution in [2.45, 2.75) is 23.8 Å². The van der Waals surface area contributed by atoms with Crippen LogP contribution in [-0.4, -0.2) is 17.5 Å². The summed E-state index contributed by atoms with van der Waals surface area (Å²) in [4.78, 5) is 1.31. The van der Waals surface area contributed by atoms with E-state index in [1.807, 2.05) is 23.9 Å². The normalized spacial score (nSPS) is 18.3. The maximum atomic E-state index is 13.8. The summed E-state index contributed by atoms with van der Waals surface area (Å²) in [5, 5.41) is 9.42. The minimum atomic E-state index is -0.808. The second-order valence-electron chi connectivity index (χ2n) is 5.22. The van der Waals surface area contributed by atoms with Gasteiger partial charge in [0.15, 0.2) is 0 Å². The molecule has 2 aromatic rings. The van der Waals surface area contributed by atoms with E-state index in [0.717, 1.165) is 5.75 Å². The molecule has 3 rings (SSSR count). The van der Waals surface area contributed by atoms with Crippen molar-refractivity contribution in [3.63, 3.8) is 0 Å². The summed E-state index contributed by atoms with van der Waals surface area (Å²) in [6.45, 7) is 2.09. The number of ether oxygens (including phenoxy) is 1. The van der Waals surface area contributed by atoms with Gasteiger partial charge in [-0.15, -0.1) is 11.8 Å². The van der Waals surface area contributed by atoms with Gasteiger partial charge >= 0.3 is 0 Å². The molecule has 0 saturated carbocycles. The van der Waals surface area contributed by atoms with Crippen molar-refractivity contribution < 1.29 is 14.2 Å². The highest BCUT2D eigenvalue weighted by Crippen LogP contribution is 2.39. The highest BCUT2D eigenvalue weighted by Gasteiger charge is 2.23. The topological polar surface area (TPSA) is 29.5 Å². The van der Waals surface area contributed by atoms with Gasteiger partial charge in [-0.25, -0.2) is 4.39 Å². The van der Waals surface area contributed by atoms with Crippen LogP contribution in [0.4, 0.5) is 4.39 Å². The Morgan fingerprint density at radius 1 is 1.33 bits per heavy atom. The smallest absolute Gasteiger partial charge is 0.132 e. The zero-order valence-corrected chi connectivity index (χ0v) is 12.6. The van der Waals surface area contributed by atoms with Gasteiger partial charge in [-0.3, -0.25) is 0 Å². The second kappa shape index (κ2) is 6.08. The molecule has 2 nitrogen and oxygen atoms in total. The predicted octanol–water partition coefficient (Wildman–Crippen LogP) is 4.15. The van der Waals surface area contributed by atoms with Crippen molar-refractivity contribution in [2.75, 3.05) is 12.4 Å². The van der Waals surface area contributed by atoms with E-state index < -0.39 is 11.9 Å². The van der Waals surface area contributed by atoms with Crippen LogP contribution in [0.5, 0.6) is 5.75 Å². The molecule has 0 spiro atoms. The van der Waals surface area contributed by atoms with E-state index in [1.54, 1.807) is 19.1 Å². The fraction of sp³-hybridized carbons (Fsp3) is 0.294. The number of aliphatic hydroxyl groups is 1. The molecule has 1 N–H and O–H groups in total. The molecule has 2 atom stereocenters. The molecule has 0 amide bonds. The third kappa shape index (κ3) is 3.06. The molecule has 0 aliphatic carbocycles. The first kappa shape index (κ1) is 14.4. The molecule has 1 heterocycles. The summed E-state index contributed by atoms with van der Waals surface area (Å²) in [6, 6.07) is 13.0. The van der Waals surface area contributed by atoms with Crippen molar-refractivity contribution in [3.05, 3.63) is 59.4 Å². The zero-order chi connectivity index (χ0) is 14.8. The van der Waals surface area contributed by atoms with E-state index in [-0.39, 0.29) is 0 Å². The quantitative estimate of drug-likeness (QED) is 0.920. The maximum absolute atomic E-state index is 13.8. The first-order valence-electron chi connectivity index (χ1n) is 6.97. The first-order valence-corrected chi connectivity index (χ1v) is 7.95. The standard InChI is InChI=1S/C17H17FO2S/c1-11(19)14-7-6-13(8-16(14)18)20-9-12-10-21-17-5-3-2-4-15(12)17/h2-8,11-12,19H,9-10H2,1H3/t11-,12?/m0/s1. The number of aliphatic hydroxyl groups excluding tert-OH is 1. The van der Waals surface area contributed by atoms with Gasteiger partial charge in [0.2, 0.25) is 0 Å². The lowest BCUT2D eigenvalue weighted by atomic mass is 10.0. The minimum Gasteiger partial charge on any atom is -0.493 e. The first-order chi connectivity index (χ1) is 10.1. The van der Waals surface area contributed by atoms with Gasteiger partial charge in [0.05, 0.1) is 12.7 Å². The lowest BCUT2D eigenvalue weighted by Gasteiger charge is -2.14. The molecule has 2 aromatic carbocycles. The fourth-order valence-corrected chi connectivity index (χ4v) is 3.73. The van der Waals surface area contributed by atoms with Crippen LogP contribution in [0.1, 0.15) is 30.1 Å². The van der Waals surface area contributed by atoms with Gasteiger partial charge < -0.3 is 9.84 Å². The molecule has 1 aliphatic heterocycles. The van der Waals surface area contributed by atoms with E-state index in [9.17, 15) is 9.50 Å². The molecular formula is C17H17FO2S. The Labute approximate surface area is 128 Å². The molecular weight excluding hydrogens is 287 g/mol. The highest BCUT2D eigenvalue weighted by molar-refractivity contribution is 7.99. The summed E-state index contributed by atoms with van der Waals surface area (Å²) in [5.41, 5.74) is 1.60. The van der Waals surface area contributed by atoms with E-state index in [4.69, 9.17) is 4.74 Å². The molecule has 1 aliphatic rings. The Hall–Kier alpha value is -1.52. The summed E-state index contributed by atoms with van der Waals surface area (Å²) in [6.07, 6.45) is -0.808. The molecule has 21 heavy (non-hydrogen) atoms. The third-order valence-corrected chi connectivity index (χ3v) is 4.92. The number of rotatable bonds is 4. The van der Waals surface area contributed by atoms with E-state index in [1.165, 1.54) is 16.5 Å². The van der Waals surface area contributed by atoms with Crippen LogP contribution in [0.2, 0.25) is 0 Å². The van der Waals surface area contributed by atoms with Crippen molar-refractivity contribution >= 4 is 11.8 Å². The van der Waals surface area contributed by atoms with E-state index in [0.29, 0.717) is 23.8 Å². The highest BCUT2D eigenvalue weighted by atomic mass is 32.2. The van der Waals surface area contributed by atoms with Gasteiger partial charge in [-0.1, -0.05) is 18.2 Å². The van der Waals surface area contributed by atoms with Crippen molar-refractivity contribution in [3.8, 4) is 5.75 Å². The van der Waals surface area contributed by atoms with Crippen LogP contribution in [0, 0.1) is 5.82 Å². The van der Waals surface area contributed by atoms with Gasteiger partial charge in [0.1, 0.15) is 11.6 Å². The Kier molecular flexibility index (Phi) is 4.17. The van der Waals surface area contributed by atoms with Crippen LogP contribution >= 0.6 is 11.8 Å². The molecule has 1 unspecified atom stereocenters. The third-order valence-electron chi connectivity index (χ3n) is 3.67. The van der Waals surface area contributed by atoms with Crippen molar-refractivity contribution in [2.24, 2.45) is 0 Å². The van der Waals surface area contributed by atoms with Gasteiger partial charge in [0.25, 0.3) is 0 Å². The molecule has 0 fully saturated rings. The van der Waals surface area contributed by atoms with E-state index >= 15 is 0 Å². The number of hydrogen-bond acceptors (Lipinski definition) is 3. The number of benzene rings is 2. The summed E-state index contributed by atoms with van der Waals surface area (Å²) in [5.74, 6) is 1.41. The minimum absolute atomic E-state index is 0.295. The van der Waals surface area contributed by atoms with E-state index in [2.05, 4.69) is 12.1 Å². The van der Waals surface area contributed by atoms with Crippen LogP contribution in [0.15, 0.2) is 47.4 Å². The average molecular weight is 304 g/mol. The Morgan fingerprint density at radius 2 is 2.14 bits per heavy atom. The molecule has 4 heteroatoms. The maximum Gasteiger partial charge on any atom is 0.132 e. The summed E-state index contributed by atoms with van der Waals surface area (Å²) < 4.78 is 19.5. The van der Waals surface area contributed by atoms with Crippen LogP contribution in [0.25, 0.3) is 0 Å². The zero-order valence-electron chi connectivity index (χ0n) is 11.8. The summed E-state index contributed by atoms with van der Waals surface area (Å²) >= 11 is 1.83. The average Bonchev–Trinajstić information content (AvgIpc) is 2.88. The SMILES string of the molecule is C[C@H](O)c1ccc(OCC2CSc3ccccc32)cc1F. The van der Waals surface area contributed by atoms with Gasteiger partial charge in [0, 0.05) is 28.2 Å². The number of thioether (sulfide) groups is 1. The molecule has 110 valence electrons. The number of hydrogen-bond donors (Lipinski definition) is 1. The van der Waals surface area contributed by atoms with Crippen LogP contribution in [0.3, 0.4) is 0 Å². The second-order valence-corrected chi connectivity index (χ2v) is 6.28. The Morgan fingerprint density at radius 3 is 2.90 bits per heavy atom. The molecule has 0 saturated heterocycles. The fourth-order valence-electron chi connectivity index (χ4n) is 2.50. The van der Waals surface area contributed by atoms with Gasteiger partial charge in [-0.2, -0.15) is 0 Å². The van der Waals surface area contributed by atoms with Crippen molar-refractivity contribution in [1.29, 1.82) is 0 Å².